The summed E-state index contributed by atoms with van der Waals surface area (Å²) in [5, 5.41) is -0.312. The molecule has 11 heavy (non-hydrogen) atoms. The predicted molar refractivity (Wildman–Crippen MR) is 45.8 cm³/mol. The molecule has 4 heteroatoms. The Morgan fingerprint density at radius 1 is 1.27 bits per heavy atom. The van der Waals surface area contributed by atoms with Crippen molar-refractivity contribution in [1.29, 1.82) is 0 Å². The van der Waals surface area contributed by atoms with E-state index in [4.69, 9.17) is 0 Å². The largest absolute Gasteiger partial charge is 1.00 e. The maximum absolute atomic E-state index is 10.6. The smallest absolute Gasteiger partial charge is 0.737 e. The third kappa shape index (κ3) is 3.67. The molecule has 0 saturated carbocycles. The zero-order chi connectivity index (χ0) is 7.56. The maximum Gasteiger partial charge on any atom is 1.00 e. The first-order valence-corrected chi connectivity index (χ1v) is 3.87. The fourth-order valence-electron chi connectivity index (χ4n) is 0.586. The van der Waals surface area contributed by atoms with Gasteiger partial charge < -0.3 is 17.4 Å². The topological polar surface area (TPSA) is 17.1 Å². The van der Waals surface area contributed by atoms with Crippen molar-refractivity contribution < 1.29 is 34.4 Å². The van der Waals surface area contributed by atoms with Gasteiger partial charge in [-0.15, -0.1) is 0 Å². The molecule has 1 aromatic carbocycles. The summed E-state index contributed by atoms with van der Waals surface area (Å²) in [5.74, 6) is 0. The summed E-state index contributed by atoms with van der Waals surface area (Å²) >= 11 is 7.68. The van der Waals surface area contributed by atoms with Gasteiger partial charge in [-0.05, 0) is 17.7 Å². The first-order valence-electron chi connectivity index (χ1n) is 2.67. The second-order valence-corrected chi connectivity index (χ2v) is 3.08. The minimum atomic E-state index is -0.312. The molecule has 0 atom stereocenters. The Morgan fingerprint density at radius 2 is 1.73 bits per heavy atom. The van der Waals surface area contributed by atoms with E-state index in [2.05, 4.69) is 28.6 Å². The predicted octanol–water partition coefficient (Wildman–Crippen LogP) is -0.860. The van der Waals surface area contributed by atoms with Gasteiger partial charge in [-0.25, -0.2) is 0 Å². The van der Waals surface area contributed by atoms with Gasteiger partial charge in [0.2, 0.25) is 0 Å². The van der Waals surface area contributed by atoms with Crippen molar-refractivity contribution in [2.75, 3.05) is 0 Å². The number of rotatable bonds is 1. The van der Waals surface area contributed by atoms with Crippen LogP contribution >= 0.6 is 15.9 Å². The Bertz CT molecular complexity index is 247. The summed E-state index contributed by atoms with van der Waals surface area (Å²) in [6.07, 6.45) is 0. The van der Waals surface area contributed by atoms with Gasteiger partial charge in [-0.2, -0.15) is 0 Å². The van der Waals surface area contributed by atoms with E-state index in [1.165, 1.54) is 0 Å². The second kappa shape index (κ2) is 5.27. The Labute approximate surface area is 101 Å². The van der Waals surface area contributed by atoms with Crippen LogP contribution in [0.3, 0.4) is 0 Å². The van der Waals surface area contributed by atoms with Crippen molar-refractivity contribution in [1.82, 2.24) is 0 Å². The van der Waals surface area contributed by atoms with Crippen molar-refractivity contribution in [3.05, 3.63) is 34.3 Å². The molecular formula is C7H4BrNaOS. The van der Waals surface area contributed by atoms with Crippen molar-refractivity contribution >= 4 is 33.7 Å². The van der Waals surface area contributed by atoms with Gasteiger partial charge >= 0.3 is 29.6 Å². The van der Waals surface area contributed by atoms with Gasteiger partial charge in [0, 0.05) is 9.59 Å². The third-order valence-electron chi connectivity index (χ3n) is 1.08. The van der Waals surface area contributed by atoms with Crippen LogP contribution in [0.15, 0.2) is 28.7 Å². The molecule has 0 aliphatic carbocycles. The van der Waals surface area contributed by atoms with Crippen LogP contribution in [-0.4, -0.2) is 5.12 Å². The van der Waals surface area contributed by atoms with Crippen LogP contribution in [0.1, 0.15) is 10.4 Å². The molecule has 0 heterocycles. The average molecular weight is 239 g/mol. The molecule has 1 aromatic rings. The normalized spacial score (nSPS) is 8.45. The number of hydrogen-bond acceptors (Lipinski definition) is 2. The minimum Gasteiger partial charge on any atom is -0.737 e. The van der Waals surface area contributed by atoms with Crippen LogP contribution in [0.4, 0.5) is 0 Å². The zero-order valence-electron chi connectivity index (χ0n) is 6.00. The molecule has 1 nitrogen and oxygen atoms in total. The number of carbonyl (C=O) groups is 1. The Morgan fingerprint density at radius 3 is 2.09 bits per heavy atom. The minimum absolute atomic E-state index is 0. The van der Waals surface area contributed by atoms with Gasteiger partial charge in [-0.1, -0.05) is 28.1 Å². The summed E-state index contributed by atoms with van der Waals surface area (Å²) in [6.45, 7) is 0. The zero-order valence-corrected chi connectivity index (χ0v) is 10.4. The first kappa shape index (κ1) is 11.6. The number of hydrogen-bond donors (Lipinski definition) is 0. The quantitative estimate of drug-likeness (QED) is 0.468. The molecule has 0 spiro atoms. The van der Waals surface area contributed by atoms with E-state index in [-0.39, 0.29) is 34.7 Å². The molecule has 0 unspecified atom stereocenters. The van der Waals surface area contributed by atoms with E-state index in [1.54, 1.807) is 24.3 Å². The van der Waals surface area contributed by atoms with Gasteiger partial charge in [0.25, 0.3) is 0 Å². The number of carbonyl (C=O) groups excluding carboxylic acids is 1. The number of benzene rings is 1. The molecule has 1 rings (SSSR count). The van der Waals surface area contributed by atoms with E-state index in [0.29, 0.717) is 5.56 Å². The fourth-order valence-corrected chi connectivity index (χ4v) is 0.986. The van der Waals surface area contributed by atoms with E-state index >= 15 is 0 Å². The average Bonchev–Trinajstić information content (AvgIpc) is 1.88. The fraction of sp³-hybridized carbons (Fsp3) is 0. The van der Waals surface area contributed by atoms with Gasteiger partial charge in [-0.3, -0.25) is 0 Å². The van der Waals surface area contributed by atoms with Crippen LogP contribution in [0.2, 0.25) is 0 Å². The number of halogens is 1. The first-order chi connectivity index (χ1) is 4.70. The molecule has 0 amide bonds. The summed E-state index contributed by atoms with van der Waals surface area (Å²) in [6, 6.07) is 6.97. The van der Waals surface area contributed by atoms with Crippen LogP contribution in [0.5, 0.6) is 0 Å². The molecule has 0 radical (unpaired) electrons. The van der Waals surface area contributed by atoms with Crippen molar-refractivity contribution in [2.24, 2.45) is 0 Å². The summed E-state index contributed by atoms with van der Waals surface area (Å²) in [4.78, 5) is 10.6. The Balaban J connectivity index is 0.000001000. The van der Waals surface area contributed by atoms with Crippen LogP contribution in [-0.2, 0) is 12.6 Å². The van der Waals surface area contributed by atoms with Crippen LogP contribution in [0.25, 0.3) is 0 Å². The molecule has 0 aliphatic heterocycles. The molecule has 0 aromatic heterocycles. The molecule has 0 bridgehead atoms. The van der Waals surface area contributed by atoms with Crippen LogP contribution < -0.4 is 29.6 Å². The standard InChI is InChI=1S/C7H5BrOS.Na/c8-6-3-1-5(2-4-6)7(9)10;/h1-4H,(H,9,10);/q;+1/p-1. The van der Waals surface area contributed by atoms with Gasteiger partial charge in [0.1, 0.15) is 0 Å². The molecule has 0 aliphatic rings. The van der Waals surface area contributed by atoms with Crippen LogP contribution in [0, 0.1) is 0 Å². The Kier molecular flexibility index (Phi) is 5.56. The SMILES string of the molecule is O=C([S-])c1ccc(Br)cc1.[Na+]. The van der Waals surface area contributed by atoms with Gasteiger partial charge in [0.05, 0.1) is 0 Å². The second-order valence-electron chi connectivity index (χ2n) is 1.79. The third-order valence-corrected chi connectivity index (χ3v) is 1.84. The van der Waals surface area contributed by atoms with Gasteiger partial charge in [0.15, 0.2) is 0 Å². The van der Waals surface area contributed by atoms with E-state index < -0.39 is 0 Å². The van der Waals surface area contributed by atoms with Crippen molar-refractivity contribution in [3.8, 4) is 0 Å². The molecular weight excluding hydrogens is 235 g/mol. The summed E-state index contributed by atoms with van der Waals surface area (Å²) in [5.41, 5.74) is 0.568. The monoisotopic (exact) mass is 238 g/mol. The van der Waals surface area contributed by atoms with E-state index in [0.717, 1.165) is 4.47 Å². The summed E-state index contributed by atoms with van der Waals surface area (Å²) < 4.78 is 0.951. The molecule has 0 saturated heterocycles. The molecule has 0 fully saturated rings. The maximum atomic E-state index is 10.6. The van der Waals surface area contributed by atoms with E-state index in [9.17, 15) is 4.79 Å². The van der Waals surface area contributed by atoms with Crippen molar-refractivity contribution in [3.63, 3.8) is 0 Å². The van der Waals surface area contributed by atoms with E-state index in [1.807, 2.05) is 0 Å². The molecule has 0 N–H and O–H groups in total. The van der Waals surface area contributed by atoms with Crippen molar-refractivity contribution in [2.45, 2.75) is 0 Å². The summed E-state index contributed by atoms with van der Waals surface area (Å²) in [7, 11) is 0. The molecule has 52 valence electrons. The Hall–Kier alpha value is 0.590.